The molecule has 0 amide bonds. The first-order valence-electron chi connectivity index (χ1n) is 4.84. The average molecular weight is 193 g/mol. The zero-order valence-electron chi connectivity index (χ0n) is 8.04. The van der Waals surface area contributed by atoms with Crippen LogP contribution in [0.25, 0.3) is 0 Å². The molecule has 0 aromatic heterocycles. The van der Waals surface area contributed by atoms with E-state index in [1.54, 1.807) is 0 Å². The summed E-state index contributed by atoms with van der Waals surface area (Å²) in [5, 5.41) is 0. The highest BCUT2D eigenvalue weighted by Crippen LogP contribution is 2.13. The average Bonchev–Trinajstić information content (AvgIpc) is 2.19. The lowest BCUT2D eigenvalue weighted by Crippen LogP contribution is -1.83. The number of thioether (sulfide) groups is 1. The van der Waals surface area contributed by atoms with Crippen molar-refractivity contribution >= 4 is 11.8 Å². The van der Waals surface area contributed by atoms with E-state index in [2.05, 4.69) is 37.3 Å². The van der Waals surface area contributed by atoms with E-state index in [1.165, 1.54) is 24.2 Å². The highest BCUT2D eigenvalue weighted by Gasteiger charge is 1.91. The molecular weight excluding hydrogens is 176 g/mol. The number of hydrogen-bond donors (Lipinski definition) is 0. The van der Waals surface area contributed by atoms with Gasteiger partial charge in [-0.15, -0.1) is 0 Å². The van der Waals surface area contributed by atoms with Crippen molar-refractivity contribution in [1.29, 1.82) is 0 Å². The van der Waals surface area contributed by atoms with E-state index < -0.39 is 0 Å². The van der Waals surface area contributed by atoms with E-state index in [0.29, 0.717) is 0 Å². The van der Waals surface area contributed by atoms with Crippen molar-refractivity contribution in [3.63, 3.8) is 0 Å². The van der Waals surface area contributed by atoms with Crippen molar-refractivity contribution in [3.05, 3.63) is 42.8 Å². The van der Waals surface area contributed by atoms with Gasteiger partial charge in [0.05, 0.1) is 0 Å². The summed E-state index contributed by atoms with van der Waals surface area (Å²) < 4.78 is 0. The summed E-state index contributed by atoms with van der Waals surface area (Å²) in [5.74, 6) is 2.42. The van der Waals surface area contributed by atoms with Crippen LogP contribution in [0.2, 0.25) is 0 Å². The number of unbranched alkanes of at least 4 members (excludes halogenated alkanes) is 2. The van der Waals surface area contributed by atoms with E-state index >= 15 is 0 Å². The Kier molecular flexibility index (Phi) is 5.75. The third-order valence-electron chi connectivity index (χ3n) is 1.90. The van der Waals surface area contributed by atoms with E-state index in [-0.39, 0.29) is 0 Å². The molecule has 0 spiro atoms. The first kappa shape index (κ1) is 10.6. The third-order valence-corrected chi connectivity index (χ3v) is 3.02. The van der Waals surface area contributed by atoms with Crippen molar-refractivity contribution in [2.75, 3.05) is 5.75 Å². The first-order valence-corrected chi connectivity index (χ1v) is 6.00. The smallest absolute Gasteiger partial charge is 0.0184 e. The molecule has 0 N–H and O–H groups in total. The SMILES string of the molecule is [CH2]CCCCSCc1ccccc1. The molecule has 1 heteroatoms. The highest BCUT2D eigenvalue weighted by atomic mass is 32.2. The lowest BCUT2D eigenvalue weighted by atomic mass is 10.2. The van der Waals surface area contributed by atoms with Crippen LogP contribution in [0.5, 0.6) is 0 Å². The fourth-order valence-corrected chi connectivity index (χ4v) is 2.13. The van der Waals surface area contributed by atoms with Gasteiger partial charge in [-0.2, -0.15) is 11.8 Å². The van der Waals surface area contributed by atoms with Crippen LogP contribution in [0.1, 0.15) is 24.8 Å². The maximum atomic E-state index is 3.83. The first-order chi connectivity index (χ1) is 6.43. The molecule has 0 atom stereocenters. The minimum absolute atomic E-state index is 1.08. The van der Waals surface area contributed by atoms with Gasteiger partial charge in [-0.1, -0.05) is 50.1 Å². The molecule has 1 aromatic rings. The second kappa shape index (κ2) is 7.02. The molecule has 1 rings (SSSR count). The van der Waals surface area contributed by atoms with Crippen molar-refractivity contribution in [2.24, 2.45) is 0 Å². The normalized spacial score (nSPS) is 10.2. The molecule has 0 saturated carbocycles. The van der Waals surface area contributed by atoms with Crippen LogP contribution < -0.4 is 0 Å². The van der Waals surface area contributed by atoms with Gasteiger partial charge in [0.2, 0.25) is 0 Å². The van der Waals surface area contributed by atoms with Gasteiger partial charge in [-0.25, -0.2) is 0 Å². The second-order valence-corrected chi connectivity index (χ2v) is 4.20. The highest BCUT2D eigenvalue weighted by molar-refractivity contribution is 7.98. The minimum Gasteiger partial charge on any atom is -0.157 e. The van der Waals surface area contributed by atoms with Gasteiger partial charge >= 0.3 is 0 Å². The van der Waals surface area contributed by atoms with Crippen LogP contribution in [0.3, 0.4) is 0 Å². The molecule has 0 bridgehead atoms. The molecule has 71 valence electrons. The van der Waals surface area contributed by atoms with Gasteiger partial charge in [0.15, 0.2) is 0 Å². The van der Waals surface area contributed by atoms with E-state index in [1.807, 2.05) is 11.8 Å². The van der Waals surface area contributed by atoms with Crippen molar-refractivity contribution in [2.45, 2.75) is 25.0 Å². The summed E-state index contributed by atoms with van der Waals surface area (Å²) in [6, 6.07) is 10.7. The fourth-order valence-electron chi connectivity index (χ4n) is 1.15. The maximum absolute atomic E-state index is 3.83. The zero-order chi connectivity index (χ0) is 9.36. The third kappa shape index (κ3) is 4.99. The lowest BCUT2D eigenvalue weighted by Gasteiger charge is -2.00. The summed E-state index contributed by atoms with van der Waals surface area (Å²) in [7, 11) is 0. The molecule has 0 aliphatic heterocycles. The van der Waals surface area contributed by atoms with Crippen molar-refractivity contribution in [3.8, 4) is 0 Å². The van der Waals surface area contributed by atoms with Crippen LogP contribution in [0, 0.1) is 6.92 Å². The largest absolute Gasteiger partial charge is 0.157 e. The van der Waals surface area contributed by atoms with E-state index in [4.69, 9.17) is 0 Å². The van der Waals surface area contributed by atoms with Crippen LogP contribution in [-0.4, -0.2) is 5.75 Å². The predicted molar refractivity (Wildman–Crippen MR) is 61.8 cm³/mol. The zero-order valence-corrected chi connectivity index (χ0v) is 8.85. The molecular formula is C12H17S. The Morgan fingerprint density at radius 2 is 1.85 bits per heavy atom. The number of benzene rings is 1. The molecule has 0 aliphatic carbocycles. The fraction of sp³-hybridized carbons (Fsp3) is 0.417. The summed E-state index contributed by atoms with van der Waals surface area (Å²) in [4.78, 5) is 0. The second-order valence-electron chi connectivity index (χ2n) is 3.10. The molecule has 0 fully saturated rings. The maximum Gasteiger partial charge on any atom is 0.0184 e. The van der Waals surface area contributed by atoms with Gasteiger partial charge in [0, 0.05) is 5.75 Å². The molecule has 1 radical (unpaired) electrons. The molecule has 0 unspecified atom stereocenters. The molecule has 13 heavy (non-hydrogen) atoms. The monoisotopic (exact) mass is 193 g/mol. The Bertz CT molecular complexity index is 206. The van der Waals surface area contributed by atoms with Crippen LogP contribution in [0.15, 0.2) is 30.3 Å². The Morgan fingerprint density at radius 3 is 2.54 bits per heavy atom. The minimum atomic E-state index is 1.08. The van der Waals surface area contributed by atoms with Crippen LogP contribution in [-0.2, 0) is 5.75 Å². The van der Waals surface area contributed by atoms with Gasteiger partial charge in [0.1, 0.15) is 0 Å². The Labute approximate surface area is 85.7 Å². The van der Waals surface area contributed by atoms with Crippen molar-refractivity contribution in [1.82, 2.24) is 0 Å². The summed E-state index contributed by atoms with van der Waals surface area (Å²) >= 11 is 2.02. The molecule has 0 aliphatic rings. The number of hydrogen-bond acceptors (Lipinski definition) is 1. The summed E-state index contributed by atoms with van der Waals surface area (Å²) in [5.41, 5.74) is 1.43. The van der Waals surface area contributed by atoms with Crippen molar-refractivity contribution < 1.29 is 0 Å². The Hall–Kier alpha value is -0.430. The molecule has 0 nitrogen and oxygen atoms in total. The Morgan fingerprint density at radius 1 is 1.08 bits per heavy atom. The predicted octanol–water partition coefficient (Wildman–Crippen LogP) is 3.92. The van der Waals surface area contributed by atoms with Gasteiger partial charge in [-0.3, -0.25) is 0 Å². The quantitative estimate of drug-likeness (QED) is 0.617. The van der Waals surface area contributed by atoms with Gasteiger partial charge in [0.25, 0.3) is 0 Å². The van der Waals surface area contributed by atoms with Crippen LogP contribution in [0.4, 0.5) is 0 Å². The van der Waals surface area contributed by atoms with Gasteiger partial charge < -0.3 is 0 Å². The molecule has 0 saturated heterocycles. The molecule has 1 aromatic carbocycles. The van der Waals surface area contributed by atoms with Gasteiger partial charge in [-0.05, 0) is 17.7 Å². The summed E-state index contributed by atoms with van der Waals surface area (Å²) in [6.07, 6.45) is 3.65. The van der Waals surface area contributed by atoms with E-state index in [9.17, 15) is 0 Å². The topological polar surface area (TPSA) is 0 Å². The Balaban J connectivity index is 2.07. The molecule has 0 heterocycles. The standard InChI is InChI=1S/C12H17S/c1-2-3-7-10-13-11-12-8-5-4-6-9-12/h4-6,8-9H,1-3,7,10-11H2. The van der Waals surface area contributed by atoms with E-state index in [0.717, 1.165) is 12.2 Å². The lowest BCUT2D eigenvalue weighted by molar-refractivity contribution is 0.821. The summed E-state index contributed by atoms with van der Waals surface area (Å²) in [6.45, 7) is 3.83. The van der Waals surface area contributed by atoms with Crippen LogP contribution >= 0.6 is 11.8 Å². The number of rotatable bonds is 6.